The summed E-state index contributed by atoms with van der Waals surface area (Å²) in [7, 11) is 4.31. The summed E-state index contributed by atoms with van der Waals surface area (Å²) in [6, 6.07) is 11.9. The molecule has 0 aromatic heterocycles. The minimum absolute atomic E-state index is 0.132. The second-order valence-electron chi connectivity index (χ2n) is 4.87. The minimum Gasteiger partial charge on any atom is -0.493 e. The fraction of sp³-hybridized carbons (Fsp3) is 0.222. The van der Waals surface area contributed by atoms with Crippen LogP contribution in [0.25, 0.3) is 0 Å². The van der Waals surface area contributed by atoms with E-state index in [1.54, 1.807) is 30.3 Å². The summed E-state index contributed by atoms with van der Waals surface area (Å²) in [5, 5.41) is 2.63. The van der Waals surface area contributed by atoms with Gasteiger partial charge in [0.25, 0.3) is 5.91 Å². The maximum atomic E-state index is 12.3. The lowest BCUT2D eigenvalue weighted by Gasteiger charge is -2.15. The molecule has 7 heteroatoms. The molecular formula is C18H19NO6. The predicted molar refractivity (Wildman–Crippen MR) is 91.5 cm³/mol. The zero-order chi connectivity index (χ0) is 18.2. The number of rotatable bonds is 7. The summed E-state index contributed by atoms with van der Waals surface area (Å²) in [5.41, 5.74) is 0.750. The van der Waals surface area contributed by atoms with Gasteiger partial charge in [-0.15, -0.1) is 0 Å². The van der Waals surface area contributed by atoms with Gasteiger partial charge in [-0.2, -0.15) is 0 Å². The molecule has 0 aliphatic carbocycles. The molecule has 0 radical (unpaired) electrons. The lowest BCUT2D eigenvalue weighted by molar-refractivity contribution is -0.119. The Hall–Kier alpha value is -3.22. The number of amides is 1. The van der Waals surface area contributed by atoms with Gasteiger partial charge < -0.3 is 24.3 Å². The molecule has 0 aliphatic rings. The number of benzene rings is 2. The van der Waals surface area contributed by atoms with Crippen LogP contribution in [0, 0.1) is 0 Å². The Morgan fingerprint density at radius 3 is 2.16 bits per heavy atom. The van der Waals surface area contributed by atoms with Gasteiger partial charge >= 0.3 is 5.97 Å². The normalized spacial score (nSPS) is 9.88. The molecule has 25 heavy (non-hydrogen) atoms. The summed E-state index contributed by atoms with van der Waals surface area (Å²) in [5.74, 6) is -0.291. The van der Waals surface area contributed by atoms with Crippen LogP contribution in [0.4, 0.5) is 5.69 Å². The lowest BCUT2D eigenvalue weighted by atomic mass is 10.1. The summed E-state index contributed by atoms with van der Waals surface area (Å²) in [6.07, 6.45) is 0. The molecule has 0 atom stereocenters. The van der Waals surface area contributed by atoms with Crippen LogP contribution in [0.5, 0.6) is 17.2 Å². The van der Waals surface area contributed by atoms with Gasteiger partial charge in [-0.05, 0) is 24.3 Å². The van der Waals surface area contributed by atoms with Crippen molar-refractivity contribution >= 4 is 17.6 Å². The highest BCUT2D eigenvalue weighted by Crippen LogP contribution is 2.39. The van der Waals surface area contributed by atoms with E-state index in [1.807, 2.05) is 6.07 Å². The third-order valence-corrected chi connectivity index (χ3v) is 3.32. The van der Waals surface area contributed by atoms with Gasteiger partial charge in [0, 0.05) is 5.69 Å². The van der Waals surface area contributed by atoms with Crippen molar-refractivity contribution in [2.45, 2.75) is 0 Å². The molecule has 2 rings (SSSR count). The lowest BCUT2D eigenvalue weighted by Crippen LogP contribution is -2.21. The molecule has 0 bridgehead atoms. The molecule has 0 spiro atoms. The number of anilines is 1. The number of hydrogen-bond acceptors (Lipinski definition) is 6. The van der Waals surface area contributed by atoms with Crippen molar-refractivity contribution in [2.24, 2.45) is 0 Å². The Labute approximate surface area is 145 Å². The van der Waals surface area contributed by atoms with Crippen molar-refractivity contribution in [3.05, 3.63) is 48.0 Å². The van der Waals surface area contributed by atoms with E-state index in [-0.39, 0.29) is 17.1 Å². The van der Waals surface area contributed by atoms with E-state index in [2.05, 4.69) is 5.32 Å². The summed E-state index contributed by atoms with van der Waals surface area (Å²) < 4.78 is 20.7. The molecule has 0 fully saturated rings. The highest BCUT2D eigenvalue weighted by atomic mass is 16.5. The molecule has 0 aliphatic heterocycles. The number of carbonyl (C=O) groups excluding carboxylic acids is 2. The van der Waals surface area contributed by atoms with Crippen LogP contribution in [0.15, 0.2) is 42.5 Å². The molecule has 0 saturated carbocycles. The average molecular weight is 345 g/mol. The Kier molecular flexibility index (Phi) is 6.22. The highest BCUT2D eigenvalue weighted by Gasteiger charge is 2.22. The zero-order valence-corrected chi connectivity index (χ0v) is 14.2. The fourth-order valence-corrected chi connectivity index (χ4v) is 2.19. The number of hydrogen-bond donors (Lipinski definition) is 1. The molecule has 0 heterocycles. The third kappa shape index (κ3) is 4.41. The molecular weight excluding hydrogens is 326 g/mol. The number of ether oxygens (including phenoxy) is 4. The van der Waals surface area contributed by atoms with E-state index in [0.29, 0.717) is 11.4 Å². The average Bonchev–Trinajstić information content (AvgIpc) is 2.65. The SMILES string of the molecule is COc1ccc(C(=O)OCC(=O)Nc2ccccc2)c(OC)c1OC. The standard InChI is InChI=1S/C18H19NO6/c1-22-14-10-9-13(16(23-2)17(14)24-3)18(21)25-11-15(20)19-12-7-5-4-6-8-12/h4-10H,11H2,1-3H3,(H,19,20). The Bertz CT molecular complexity index is 745. The van der Waals surface area contributed by atoms with Gasteiger partial charge in [-0.25, -0.2) is 4.79 Å². The molecule has 0 unspecified atom stereocenters. The van der Waals surface area contributed by atoms with Crippen LogP contribution in [0.3, 0.4) is 0 Å². The largest absolute Gasteiger partial charge is 0.493 e. The first-order valence-corrected chi connectivity index (χ1v) is 7.41. The number of nitrogens with one attached hydrogen (secondary N) is 1. The van der Waals surface area contributed by atoms with Crippen molar-refractivity contribution in [2.75, 3.05) is 33.3 Å². The number of carbonyl (C=O) groups is 2. The van der Waals surface area contributed by atoms with E-state index in [1.165, 1.54) is 27.4 Å². The number of esters is 1. The maximum Gasteiger partial charge on any atom is 0.342 e. The summed E-state index contributed by atoms with van der Waals surface area (Å²) in [4.78, 5) is 24.1. The van der Waals surface area contributed by atoms with E-state index < -0.39 is 18.5 Å². The summed E-state index contributed by atoms with van der Waals surface area (Å²) in [6.45, 7) is -0.425. The van der Waals surface area contributed by atoms with Gasteiger partial charge in [-0.3, -0.25) is 4.79 Å². The van der Waals surface area contributed by atoms with Gasteiger partial charge in [-0.1, -0.05) is 18.2 Å². The first-order chi connectivity index (χ1) is 12.1. The Morgan fingerprint density at radius 1 is 0.880 bits per heavy atom. The van der Waals surface area contributed by atoms with Gasteiger partial charge in [0.05, 0.1) is 21.3 Å². The van der Waals surface area contributed by atoms with Crippen molar-refractivity contribution in [1.29, 1.82) is 0 Å². The molecule has 2 aromatic rings. The van der Waals surface area contributed by atoms with Crippen molar-refractivity contribution in [1.82, 2.24) is 0 Å². The van der Waals surface area contributed by atoms with Crippen LogP contribution >= 0.6 is 0 Å². The van der Waals surface area contributed by atoms with Crippen molar-refractivity contribution < 1.29 is 28.5 Å². The molecule has 1 N–H and O–H groups in total. The molecule has 1 amide bonds. The van der Waals surface area contributed by atoms with E-state index in [0.717, 1.165) is 0 Å². The van der Waals surface area contributed by atoms with E-state index in [9.17, 15) is 9.59 Å². The second-order valence-corrected chi connectivity index (χ2v) is 4.87. The van der Waals surface area contributed by atoms with Gasteiger partial charge in [0.2, 0.25) is 5.75 Å². The molecule has 2 aromatic carbocycles. The Balaban J connectivity index is 2.06. The van der Waals surface area contributed by atoms with Gasteiger partial charge in [0.1, 0.15) is 5.56 Å². The third-order valence-electron chi connectivity index (χ3n) is 3.32. The van der Waals surface area contributed by atoms with Crippen molar-refractivity contribution in [3.8, 4) is 17.2 Å². The zero-order valence-electron chi connectivity index (χ0n) is 14.2. The Morgan fingerprint density at radius 2 is 1.56 bits per heavy atom. The van der Waals surface area contributed by atoms with E-state index in [4.69, 9.17) is 18.9 Å². The number of para-hydroxylation sites is 1. The van der Waals surface area contributed by atoms with Crippen LogP contribution in [-0.2, 0) is 9.53 Å². The van der Waals surface area contributed by atoms with Crippen LogP contribution < -0.4 is 19.5 Å². The monoisotopic (exact) mass is 345 g/mol. The number of methoxy groups -OCH3 is 3. The summed E-state index contributed by atoms with van der Waals surface area (Å²) >= 11 is 0. The van der Waals surface area contributed by atoms with Gasteiger partial charge in [0.15, 0.2) is 18.1 Å². The predicted octanol–water partition coefficient (Wildman–Crippen LogP) is 2.51. The highest BCUT2D eigenvalue weighted by molar-refractivity contribution is 5.97. The first kappa shape index (κ1) is 18.1. The van der Waals surface area contributed by atoms with Crippen LogP contribution in [0.2, 0.25) is 0 Å². The maximum absolute atomic E-state index is 12.3. The molecule has 132 valence electrons. The smallest absolute Gasteiger partial charge is 0.342 e. The van der Waals surface area contributed by atoms with Crippen LogP contribution in [0.1, 0.15) is 10.4 Å². The molecule has 7 nitrogen and oxygen atoms in total. The van der Waals surface area contributed by atoms with E-state index >= 15 is 0 Å². The van der Waals surface area contributed by atoms with Crippen molar-refractivity contribution in [3.63, 3.8) is 0 Å². The second kappa shape index (κ2) is 8.58. The topological polar surface area (TPSA) is 83.1 Å². The first-order valence-electron chi connectivity index (χ1n) is 7.41. The molecule has 0 saturated heterocycles. The fourth-order valence-electron chi connectivity index (χ4n) is 2.19. The minimum atomic E-state index is -0.707. The van der Waals surface area contributed by atoms with Crippen LogP contribution in [-0.4, -0.2) is 39.8 Å². The quantitative estimate of drug-likeness (QED) is 0.777.